The SMILES string of the molecule is CNc1nccc(Oc2cnn(C(C)C)c2)n1. The van der Waals surface area contributed by atoms with Crippen molar-refractivity contribution in [2.45, 2.75) is 19.9 Å². The quantitative estimate of drug-likeness (QED) is 0.875. The van der Waals surface area contributed by atoms with Gasteiger partial charge in [0.1, 0.15) is 0 Å². The fraction of sp³-hybridized carbons (Fsp3) is 0.364. The van der Waals surface area contributed by atoms with Crippen LogP contribution in [-0.2, 0) is 0 Å². The van der Waals surface area contributed by atoms with Gasteiger partial charge in [-0.1, -0.05) is 0 Å². The molecule has 2 aromatic heterocycles. The van der Waals surface area contributed by atoms with Gasteiger partial charge >= 0.3 is 0 Å². The van der Waals surface area contributed by atoms with Gasteiger partial charge in [0, 0.05) is 25.4 Å². The zero-order valence-corrected chi connectivity index (χ0v) is 10.1. The summed E-state index contributed by atoms with van der Waals surface area (Å²) in [6.07, 6.45) is 5.15. The van der Waals surface area contributed by atoms with E-state index < -0.39 is 0 Å². The highest BCUT2D eigenvalue weighted by Crippen LogP contribution is 2.20. The van der Waals surface area contributed by atoms with Crippen LogP contribution in [0.1, 0.15) is 19.9 Å². The zero-order valence-electron chi connectivity index (χ0n) is 10.1. The van der Waals surface area contributed by atoms with Crippen LogP contribution in [0.25, 0.3) is 0 Å². The number of nitrogens with one attached hydrogen (secondary N) is 1. The molecule has 0 radical (unpaired) electrons. The second-order valence-electron chi connectivity index (χ2n) is 3.82. The average molecular weight is 233 g/mol. The fourth-order valence-electron chi connectivity index (χ4n) is 1.30. The van der Waals surface area contributed by atoms with Crippen LogP contribution in [0.4, 0.5) is 5.95 Å². The number of nitrogens with zero attached hydrogens (tertiary/aromatic N) is 4. The molecule has 0 aliphatic carbocycles. The van der Waals surface area contributed by atoms with Gasteiger partial charge in [-0.05, 0) is 13.8 Å². The van der Waals surface area contributed by atoms with Crippen molar-refractivity contribution in [2.24, 2.45) is 0 Å². The van der Waals surface area contributed by atoms with Crippen molar-refractivity contribution in [2.75, 3.05) is 12.4 Å². The van der Waals surface area contributed by atoms with Gasteiger partial charge in [0.2, 0.25) is 11.8 Å². The Morgan fingerprint density at radius 3 is 2.88 bits per heavy atom. The summed E-state index contributed by atoms with van der Waals surface area (Å²) < 4.78 is 7.41. The Kier molecular flexibility index (Phi) is 3.22. The number of hydrogen-bond donors (Lipinski definition) is 1. The highest BCUT2D eigenvalue weighted by molar-refractivity contribution is 5.28. The molecular formula is C11H15N5O. The van der Waals surface area contributed by atoms with E-state index in [0.29, 0.717) is 23.6 Å². The third kappa shape index (κ3) is 2.72. The van der Waals surface area contributed by atoms with Gasteiger partial charge in [0.05, 0.1) is 12.4 Å². The first-order valence-electron chi connectivity index (χ1n) is 5.42. The summed E-state index contributed by atoms with van der Waals surface area (Å²) in [6, 6.07) is 2.01. The molecule has 0 spiro atoms. The summed E-state index contributed by atoms with van der Waals surface area (Å²) in [4.78, 5) is 8.17. The maximum absolute atomic E-state index is 5.58. The number of rotatable bonds is 4. The first-order chi connectivity index (χ1) is 8.19. The van der Waals surface area contributed by atoms with Crippen LogP contribution in [0, 0.1) is 0 Å². The van der Waals surface area contributed by atoms with Gasteiger partial charge < -0.3 is 10.1 Å². The van der Waals surface area contributed by atoms with Gasteiger partial charge in [-0.25, -0.2) is 4.98 Å². The molecule has 0 aliphatic rings. The molecule has 6 heteroatoms. The molecule has 0 aliphatic heterocycles. The largest absolute Gasteiger partial charge is 0.436 e. The van der Waals surface area contributed by atoms with Crippen LogP contribution in [0.2, 0.25) is 0 Å². The van der Waals surface area contributed by atoms with Crippen LogP contribution >= 0.6 is 0 Å². The molecule has 2 rings (SSSR count). The maximum atomic E-state index is 5.58. The van der Waals surface area contributed by atoms with Crippen LogP contribution in [0.5, 0.6) is 11.6 Å². The Morgan fingerprint density at radius 2 is 2.24 bits per heavy atom. The van der Waals surface area contributed by atoms with Gasteiger partial charge in [-0.2, -0.15) is 10.1 Å². The van der Waals surface area contributed by atoms with Crippen LogP contribution in [0.3, 0.4) is 0 Å². The van der Waals surface area contributed by atoms with Crippen LogP contribution in [0.15, 0.2) is 24.7 Å². The predicted molar refractivity (Wildman–Crippen MR) is 64.3 cm³/mol. The van der Waals surface area contributed by atoms with Gasteiger partial charge in [0.25, 0.3) is 0 Å². The van der Waals surface area contributed by atoms with E-state index in [2.05, 4.69) is 34.2 Å². The molecule has 1 N–H and O–H groups in total. The van der Waals surface area contributed by atoms with E-state index in [1.807, 2.05) is 10.9 Å². The minimum Gasteiger partial charge on any atom is -0.436 e. The Labute approximate surface area is 99.7 Å². The molecule has 17 heavy (non-hydrogen) atoms. The third-order valence-electron chi connectivity index (χ3n) is 2.18. The van der Waals surface area contributed by atoms with Crippen molar-refractivity contribution in [3.63, 3.8) is 0 Å². The smallest absolute Gasteiger partial charge is 0.225 e. The maximum Gasteiger partial charge on any atom is 0.225 e. The summed E-state index contributed by atoms with van der Waals surface area (Å²) in [5.41, 5.74) is 0. The topological polar surface area (TPSA) is 64.9 Å². The normalized spacial score (nSPS) is 10.6. The van der Waals surface area contributed by atoms with E-state index in [-0.39, 0.29) is 0 Å². The summed E-state index contributed by atoms with van der Waals surface area (Å²) in [5, 5.41) is 7.04. The molecule has 0 saturated heterocycles. The first kappa shape index (κ1) is 11.4. The minimum absolute atomic E-state index is 0.311. The molecule has 6 nitrogen and oxygen atoms in total. The number of ether oxygens (including phenoxy) is 1. The van der Waals surface area contributed by atoms with Crippen molar-refractivity contribution >= 4 is 5.95 Å². The lowest BCUT2D eigenvalue weighted by Gasteiger charge is -2.04. The van der Waals surface area contributed by atoms with Crippen molar-refractivity contribution in [3.8, 4) is 11.6 Å². The molecule has 2 aromatic rings. The Bertz CT molecular complexity index is 494. The lowest BCUT2D eigenvalue weighted by Crippen LogP contribution is -2.00. The Morgan fingerprint density at radius 1 is 1.41 bits per heavy atom. The Hall–Kier alpha value is -2.11. The summed E-state index contributed by atoms with van der Waals surface area (Å²) in [7, 11) is 1.76. The zero-order chi connectivity index (χ0) is 12.3. The predicted octanol–water partition coefficient (Wildman–Crippen LogP) is 2.09. The summed E-state index contributed by atoms with van der Waals surface area (Å²) >= 11 is 0. The van der Waals surface area contributed by atoms with E-state index in [1.165, 1.54) is 0 Å². The summed E-state index contributed by atoms with van der Waals surface area (Å²) in [5.74, 6) is 1.69. The van der Waals surface area contributed by atoms with Crippen molar-refractivity contribution in [3.05, 3.63) is 24.7 Å². The van der Waals surface area contributed by atoms with E-state index >= 15 is 0 Å². The van der Waals surface area contributed by atoms with Crippen molar-refractivity contribution in [1.29, 1.82) is 0 Å². The van der Waals surface area contributed by atoms with E-state index in [9.17, 15) is 0 Å². The fourth-order valence-corrected chi connectivity index (χ4v) is 1.30. The molecule has 0 aromatic carbocycles. The van der Waals surface area contributed by atoms with Crippen LogP contribution in [-0.4, -0.2) is 26.8 Å². The highest BCUT2D eigenvalue weighted by atomic mass is 16.5. The molecular weight excluding hydrogens is 218 g/mol. The van der Waals surface area contributed by atoms with E-state index in [0.717, 1.165) is 0 Å². The van der Waals surface area contributed by atoms with E-state index in [4.69, 9.17) is 4.74 Å². The number of hydrogen-bond acceptors (Lipinski definition) is 5. The van der Waals surface area contributed by atoms with Gasteiger partial charge in [-0.3, -0.25) is 4.68 Å². The molecule has 2 heterocycles. The monoisotopic (exact) mass is 233 g/mol. The van der Waals surface area contributed by atoms with Crippen molar-refractivity contribution in [1.82, 2.24) is 19.7 Å². The lowest BCUT2D eigenvalue weighted by atomic mass is 10.4. The standard InChI is InChI=1S/C11H15N5O/c1-8(2)16-7-9(6-14-16)17-10-4-5-13-11(12-3)15-10/h4-8H,1-3H3,(H,12,13,15). The molecule has 0 unspecified atom stereocenters. The first-order valence-corrected chi connectivity index (χ1v) is 5.42. The van der Waals surface area contributed by atoms with Crippen LogP contribution < -0.4 is 10.1 Å². The molecule has 0 bridgehead atoms. The molecule has 0 fully saturated rings. The molecule has 90 valence electrons. The number of anilines is 1. The molecule has 0 saturated carbocycles. The average Bonchev–Trinajstić information content (AvgIpc) is 2.78. The van der Waals surface area contributed by atoms with Gasteiger partial charge in [-0.15, -0.1) is 0 Å². The van der Waals surface area contributed by atoms with Crippen molar-refractivity contribution < 1.29 is 4.74 Å². The van der Waals surface area contributed by atoms with E-state index in [1.54, 1.807) is 25.5 Å². The lowest BCUT2D eigenvalue weighted by molar-refractivity contribution is 0.458. The van der Waals surface area contributed by atoms with Gasteiger partial charge in [0.15, 0.2) is 5.75 Å². The minimum atomic E-state index is 0.311. The number of aromatic nitrogens is 4. The third-order valence-corrected chi connectivity index (χ3v) is 2.18. The molecule has 0 atom stereocenters. The second kappa shape index (κ2) is 4.82. The summed E-state index contributed by atoms with van der Waals surface area (Å²) in [6.45, 7) is 4.11. The highest BCUT2D eigenvalue weighted by Gasteiger charge is 2.05. The molecule has 0 amide bonds. The second-order valence-corrected chi connectivity index (χ2v) is 3.82. The Balaban J connectivity index is 2.13.